The van der Waals surface area contributed by atoms with E-state index in [9.17, 15) is 9.59 Å². The Kier molecular flexibility index (Phi) is 7.25. The number of nitrogens with one attached hydrogen (secondary N) is 1. The highest BCUT2D eigenvalue weighted by molar-refractivity contribution is 9.10. The lowest BCUT2D eigenvalue weighted by atomic mass is 10.2. The lowest BCUT2D eigenvalue weighted by Crippen LogP contribution is -2.48. The summed E-state index contributed by atoms with van der Waals surface area (Å²) in [5.74, 6) is 1.39. The topological polar surface area (TPSA) is 78.9 Å². The van der Waals surface area contributed by atoms with Gasteiger partial charge in [-0.3, -0.25) is 9.59 Å². The van der Waals surface area contributed by atoms with Gasteiger partial charge in [-0.15, -0.1) is 0 Å². The maximum atomic E-state index is 12.9. The molecule has 40 heavy (non-hydrogen) atoms. The van der Waals surface area contributed by atoms with E-state index in [0.717, 1.165) is 32.5 Å². The van der Waals surface area contributed by atoms with E-state index in [4.69, 9.17) is 8.83 Å². The van der Waals surface area contributed by atoms with Crippen molar-refractivity contribution < 1.29 is 18.4 Å². The predicted octanol–water partition coefficient (Wildman–Crippen LogP) is 7.07. The summed E-state index contributed by atoms with van der Waals surface area (Å²) in [6.45, 7) is 2.64. The van der Waals surface area contributed by atoms with Crippen LogP contribution in [0.1, 0.15) is 16.3 Å². The molecule has 0 saturated carbocycles. The first-order valence-electron chi connectivity index (χ1n) is 13.0. The van der Waals surface area contributed by atoms with Crippen LogP contribution in [0.15, 0.2) is 110 Å². The molecule has 0 aliphatic carbocycles. The van der Waals surface area contributed by atoms with Gasteiger partial charge in [0.25, 0.3) is 5.91 Å². The standard InChI is InChI=1S/C32H26BrN3O4/c33-24-7-5-22(6-8-24)29-15-13-27(39-29)14-16-31(37)34-25-9-11-26(12-10-25)35-17-19-36(20-18-35)32(38)30-21-23-3-1-2-4-28(23)40-30/h1-16,21H,17-20H2,(H,34,37)/b16-14+. The number of carbonyl (C=O) groups excluding carboxylic acids is 2. The second kappa shape index (κ2) is 11.3. The zero-order valence-corrected chi connectivity index (χ0v) is 23.1. The molecule has 1 aliphatic heterocycles. The first-order valence-corrected chi connectivity index (χ1v) is 13.8. The number of nitrogens with zero attached hydrogens (tertiary/aromatic N) is 2. The number of hydrogen-bond acceptors (Lipinski definition) is 5. The van der Waals surface area contributed by atoms with Gasteiger partial charge in [-0.25, -0.2) is 0 Å². The SMILES string of the molecule is O=C(/C=C/c1ccc(-c2ccc(Br)cc2)o1)Nc1ccc(N2CCN(C(=O)c3cc4ccccc4o3)CC2)cc1. The lowest BCUT2D eigenvalue weighted by molar-refractivity contribution is -0.111. The molecule has 7 nitrogen and oxygen atoms in total. The molecule has 2 amide bonds. The van der Waals surface area contributed by atoms with Crippen molar-refractivity contribution in [1.29, 1.82) is 0 Å². The molecule has 5 aromatic rings. The Morgan fingerprint density at radius 2 is 1.57 bits per heavy atom. The smallest absolute Gasteiger partial charge is 0.289 e. The van der Waals surface area contributed by atoms with Gasteiger partial charge >= 0.3 is 0 Å². The molecule has 0 radical (unpaired) electrons. The summed E-state index contributed by atoms with van der Waals surface area (Å²) >= 11 is 3.43. The van der Waals surface area contributed by atoms with Gasteiger partial charge in [0.1, 0.15) is 17.1 Å². The first kappa shape index (κ1) is 25.7. The van der Waals surface area contributed by atoms with Crippen LogP contribution in [0.2, 0.25) is 0 Å². The largest absolute Gasteiger partial charge is 0.457 e. The predicted molar refractivity (Wildman–Crippen MR) is 160 cm³/mol. The molecule has 6 rings (SSSR count). The van der Waals surface area contributed by atoms with E-state index >= 15 is 0 Å². The van der Waals surface area contributed by atoms with Crippen LogP contribution < -0.4 is 10.2 Å². The normalized spacial score (nSPS) is 13.7. The molecule has 0 spiro atoms. The highest BCUT2D eigenvalue weighted by atomic mass is 79.9. The average Bonchev–Trinajstić information content (AvgIpc) is 3.64. The molecule has 2 aromatic heterocycles. The molecule has 3 heterocycles. The van der Waals surface area contributed by atoms with Gasteiger partial charge in [-0.1, -0.05) is 46.3 Å². The third-order valence-corrected chi connectivity index (χ3v) is 7.39. The molecule has 3 aromatic carbocycles. The Bertz CT molecular complexity index is 1640. The molecule has 1 fully saturated rings. The fourth-order valence-electron chi connectivity index (χ4n) is 4.72. The Labute approximate surface area is 239 Å². The number of anilines is 2. The van der Waals surface area contributed by atoms with Crippen molar-refractivity contribution in [2.75, 3.05) is 36.4 Å². The van der Waals surface area contributed by atoms with E-state index < -0.39 is 0 Å². The second-order valence-corrected chi connectivity index (χ2v) is 10.4. The Morgan fingerprint density at radius 3 is 2.33 bits per heavy atom. The van der Waals surface area contributed by atoms with E-state index in [2.05, 4.69) is 26.1 Å². The molecule has 0 bridgehead atoms. The van der Waals surface area contributed by atoms with Crippen LogP contribution in [0.5, 0.6) is 0 Å². The van der Waals surface area contributed by atoms with Crippen LogP contribution in [0.25, 0.3) is 28.4 Å². The third kappa shape index (κ3) is 5.72. The minimum absolute atomic E-state index is 0.0824. The van der Waals surface area contributed by atoms with Crippen LogP contribution in [0, 0.1) is 0 Å². The van der Waals surface area contributed by atoms with Crippen LogP contribution >= 0.6 is 15.9 Å². The maximum absolute atomic E-state index is 12.9. The van der Waals surface area contributed by atoms with Crippen molar-refractivity contribution in [3.05, 3.63) is 113 Å². The summed E-state index contributed by atoms with van der Waals surface area (Å²) in [5.41, 5.74) is 3.43. The summed E-state index contributed by atoms with van der Waals surface area (Å²) in [5, 5.41) is 3.81. The quantitative estimate of drug-likeness (QED) is 0.212. The number of para-hydroxylation sites is 1. The van der Waals surface area contributed by atoms with E-state index in [1.54, 1.807) is 6.08 Å². The van der Waals surface area contributed by atoms with Crippen molar-refractivity contribution in [2.24, 2.45) is 0 Å². The van der Waals surface area contributed by atoms with Crippen molar-refractivity contribution in [3.8, 4) is 11.3 Å². The molecule has 1 N–H and O–H groups in total. The summed E-state index contributed by atoms with van der Waals surface area (Å²) in [4.78, 5) is 29.5. The van der Waals surface area contributed by atoms with Gasteiger partial charge < -0.3 is 24.0 Å². The lowest BCUT2D eigenvalue weighted by Gasteiger charge is -2.35. The summed E-state index contributed by atoms with van der Waals surface area (Å²) in [6, 6.07) is 28.7. The number of piperazine rings is 1. The van der Waals surface area contributed by atoms with E-state index in [0.29, 0.717) is 43.4 Å². The number of benzene rings is 3. The van der Waals surface area contributed by atoms with Crippen molar-refractivity contribution in [2.45, 2.75) is 0 Å². The minimum Gasteiger partial charge on any atom is -0.457 e. The Morgan fingerprint density at radius 1 is 0.825 bits per heavy atom. The fourth-order valence-corrected chi connectivity index (χ4v) is 4.98. The molecule has 0 atom stereocenters. The number of rotatable bonds is 6. The van der Waals surface area contributed by atoms with Crippen LogP contribution in [-0.4, -0.2) is 42.9 Å². The van der Waals surface area contributed by atoms with Crippen molar-refractivity contribution in [3.63, 3.8) is 0 Å². The number of furan rings is 2. The zero-order chi connectivity index (χ0) is 27.5. The number of halogens is 1. The molecule has 1 saturated heterocycles. The van der Waals surface area contributed by atoms with Gasteiger partial charge in [0.05, 0.1) is 0 Å². The van der Waals surface area contributed by atoms with E-state index in [1.165, 1.54) is 6.08 Å². The van der Waals surface area contributed by atoms with Gasteiger partial charge in [-0.2, -0.15) is 0 Å². The van der Waals surface area contributed by atoms with Crippen molar-refractivity contribution >= 4 is 56.2 Å². The summed E-state index contributed by atoms with van der Waals surface area (Å²) < 4.78 is 12.6. The number of amides is 2. The highest BCUT2D eigenvalue weighted by Gasteiger charge is 2.24. The molecular formula is C32H26BrN3O4. The molecule has 1 aliphatic rings. The number of carbonyl (C=O) groups is 2. The van der Waals surface area contributed by atoms with E-state index in [1.807, 2.05) is 95.9 Å². The average molecular weight is 596 g/mol. The van der Waals surface area contributed by atoms with Gasteiger partial charge in [0.2, 0.25) is 5.91 Å². The fraction of sp³-hybridized carbons (Fsp3) is 0.125. The minimum atomic E-state index is -0.243. The van der Waals surface area contributed by atoms with E-state index in [-0.39, 0.29) is 11.8 Å². The highest BCUT2D eigenvalue weighted by Crippen LogP contribution is 2.25. The molecular weight excluding hydrogens is 570 g/mol. The Hall–Kier alpha value is -4.56. The monoisotopic (exact) mass is 595 g/mol. The second-order valence-electron chi connectivity index (χ2n) is 9.51. The maximum Gasteiger partial charge on any atom is 0.289 e. The third-order valence-electron chi connectivity index (χ3n) is 6.86. The summed E-state index contributed by atoms with van der Waals surface area (Å²) in [7, 11) is 0. The van der Waals surface area contributed by atoms with Crippen LogP contribution in [0.4, 0.5) is 11.4 Å². The molecule has 8 heteroatoms. The Balaban J connectivity index is 1.01. The summed E-state index contributed by atoms with van der Waals surface area (Å²) in [6.07, 6.45) is 3.11. The van der Waals surface area contributed by atoms with Crippen LogP contribution in [0.3, 0.4) is 0 Å². The number of hydrogen-bond donors (Lipinski definition) is 1. The zero-order valence-electron chi connectivity index (χ0n) is 21.5. The molecule has 200 valence electrons. The number of fused-ring (bicyclic) bond motifs is 1. The van der Waals surface area contributed by atoms with Gasteiger partial charge in [0, 0.05) is 59.1 Å². The van der Waals surface area contributed by atoms with Gasteiger partial charge in [-0.05, 0) is 66.7 Å². The van der Waals surface area contributed by atoms with Crippen LogP contribution in [-0.2, 0) is 4.79 Å². The molecule has 0 unspecified atom stereocenters. The van der Waals surface area contributed by atoms with Crippen molar-refractivity contribution in [1.82, 2.24) is 4.90 Å². The first-order chi connectivity index (χ1) is 19.5. The van der Waals surface area contributed by atoms with Gasteiger partial charge in [0.15, 0.2) is 5.76 Å².